The summed E-state index contributed by atoms with van der Waals surface area (Å²) in [5.41, 5.74) is -0.381. The van der Waals surface area contributed by atoms with Crippen LogP contribution in [0.3, 0.4) is 0 Å². The molecule has 0 aliphatic carbocycles. The van der Waals surface area contributed by atoms with Crippen molar-refractivity contribution in [1.82, 2.24) is 0 Å². The van der Waals surface area contributed by atoms with E-state index in [1.165, 1.54) is 0 Å². The Kier molecular flexibility index (Phi) is 4.64. The van der Waals surface area contributed by atoms with Gasteiger partial charge in [0.15, 0.2) is 0 Å². The maximum atomic E-state index is 11.2. The number of esters is 1. The second kappa shape index (κ2) is 4.96. The Morgan fingerprint density at radius 1 is 1.50 bits per heavy atom. The van der Waals surface area contributed by atoms with Crippen LogP contribution < -0.4 is 0 Å². The molecule has 0 amide bonds. The quantitative estimate of drug-likeness (QED) is 0.368. The second-order valence-electron chi connectivity index (χ2n) is 3.82. The molecule has 12 heavy (non-hydrogen) atoms. The number of allylic oxidation sites excluding steroid dienone is 1. The van der Waals surface area contributed by atoms with Gasteiger partial charge in [0.25, 0.3) is 0 Å². The molecule has 0 radical (unpaired) electrons. The SMILES string of the molecule is C=CCCCOC(=O)C(C)(C)C. The molecule has 0 N–H and O–H groups in total. The molecule has 0 heterocycles. The van der Waals surface area contributed by atoms with Gasteiger partial charge in [0.2, 0.25) is 0 Å². The molecule has 0 saturated carbocycles. The molecule has 0 rings (SSSR count). The summed E-state index contributed by atoms with van der Waals surface area (Å²) in [6.07, 6.45) is 3.59. The van der Waals surface area contributed by atoms with Crippen molar-refractivity contribution in [3.63, 3.8) is 0 Å². The van der Waals surface area contributed by atoms with Crippen LogP contribution >= 0.6 is 0 Å². The highest BCUT2D eigenvalue weighted by molar-refractivity contribution is 5.75. The van der Waals surface area contributed by atoms with E-state index in [0.29, 0.717) is 6.61 Å². The summed E-state index contributed by atoms with van der Waals surface area (Å²) < 4.78 is 5.02. The minimum absolute atomic E-state index is 0.133. The minimum Gasteiger partial charge on any atom is -0.465 e. The van der Waals surface area contributed by atoms with E-state index in [-0.39, 0.29) is 11.4 Å². The molecular formula is C10H18O2. The Balaban J connectivity index is 3.51. The first-order valence-corrected chi connectivity index (χ1v) is 4.26. The lowest BCUT2D eigenvalue weighted by atomic mass is 9.97. The number of rotatable bonds is 4. The lowest BCUT2D eigenvalue weighted by molar-refractivity contribution is -0.152. The highest BCUT2D eigenvalue weighted by Crippen LogP contribution is 2.15. The molecule has 0 fully saturated rings. The first kappa shape index (κ1) is 11.2. The lowest BCUT2D eigenvalue weighted by Gasteiger charge is -2.16. The fourth-order valence-corrected chi connectivity index (χ4v) is 0.609. The standard InChI is InChI=1S/C10H18O2/c1-5-6-7-8-12-9(11)10(2,3)4/h5H,1,6-8H2,2-4H3. The summed E-state index contributed by atoms with van der Waals surface area (Å²) in [6, 6.07) is 0. The Bertz CT molecular complexity index is 154. The van der Waals surface area contributed by atoms with Gasteiger partial charge in [-0.25, -0.2) is 0 Å². The Morgan fingerprint density at radius 3 is 2.50 bits per heavy atom. The third-order valence-electron chi connectivity index (χ3n) is 1.40. The maximum Gasteiger partial charge on any atom is 0.311 e. The van der Waals surface area contributed by atoms with E-state index < -0.39 is 0 Å². The molecule has 0 aromatic rings. The van der Waals surface area contributed by atoms with Crippen LogP contribution in [0.25, 0.3) is 0 Å². The molecule has 0 bridgehead atoms. The predicted octanol–water partition coefficient (Wildman–Crippen LogP) is 2.54. The molecule has 0 spiro atoms. The normalized spacial score (nSPS) is 10.9. The number of carbonyl (C=O) groups excluding carboxylic acids is 1. The van der Waals surface area contributed by atoms with Gasteiger partial charge in [-0.15, -0.1) is 6.58 Å². The van der Waals surface area contributed by atoms with Crippen LogP contribution in [0.5, 0.6) is 0 Å². The van der Waals surface area contributed by atoms with Crippen molar-refractivity contribution in [1.29, 1.82) is 0 Å². The van der Waals surface area contributed by atoms with Gasteiger partial charge >= 0.3 is 5.97 Å². The molecule has 0 aliphatic rings. The van der Waals surface area contributed by atoms with E-state index in [2.05, 4.69) is 6.58 Å². The molecule has 0 aromatic heterocycles. The van der Waals surface area contributed by atoms with Crippen molar-refractivity contribution < 1.29 is 9.53 Å². The molecule has 70 valence electrons. The molecule has 2 nitrogen and oxygen atoms in total. The molecule has 0 aliphatic heterocycles. The summed E-state index contributed by atoms with van der Waals surface area (Å²) in [5.74, 6) is -0.133. The summed E-state index contributed by atoms with van der Waals surface area (Å²) in [4.78, 5) is 11.2. The number of carbonyl (C=O) groups is 1. The van der Waals surface area contributed by atoms with Gasteiger partial charge in [0, 0.05) is 0 Å². The fourth-order valence-electron chi connectivity index (χ4n) is 0.609. The molecule has 2 heteroatoms. The smallest absolute Gasteiger partial charge is 0.311 e. The number of ether oxygens (including phenoxy) is 1. The van der Waals surface area contributed by atoms with Crippen LogP contribution in [0, 0.1) is 5.41 Å². The largest absolute Gasteiger partial charge is 0.465 e. The summed E-state index contributed by atoms with van der Waals surface area (Å²) in [7, 11) is 0. The van der Waals surface area contributed by atoms with Crippen molar-refractivity contribution in [2.24, 2.45) is 5.41 Å². The minimum atomic E-state index is -0.381. The number of unbranched alkanes of at least 4 members (excludes halogenated alkanes) is 1. The molecule has 0 atom stereocenters. The van der Waals surface area contributed by atoms with Gasteiger partial charge in [-0.3, -0.25) is 4.79 Å². The average molecular weight is 170 g/mol. The Labute approximate surface area is 74.6 Å². The topological polar surface area (TPSA) is 26.3 Å². The average Bonchev–Trinajstić information content (AvgIpc) is 1.96. The number of hydrogen-bond donors (Lipinski definition) is 0. The van der Waals surface area contributed by atoms with Crippen molar-refractivity contribution in [3.05, 3.63) is 12.7 Å². The Morgan fingerprint density at radius 2 is 2.08 bits per heavy atom. The zero-order valence-corrected chi connectivity index (χ0v) is 8.22. The lowest BCUT2D eigenvalue weighted by Crippen LogP contribution is -2.23. The van der Waals surface area contributed by atoms with Crippen LogP contribution in [-0.4, -0.2) is 12.6 Å². The molecule has 0 aromatic carbocycles. The highest BCUT2D eigenvalue weighted by atomic mass is 16.5. The first-order chi connectivity index (χ1) is 5.48. The molecule has 0 saturated heterocycles. The summed E-state index contributed by atoms with van der Waals surface area (Å²) in [5, 5.41) is 0. The third-order valence-corrected chi connectivity index (χ3v) is 1.40. The van der Waals surface area contributed by atoms with E-state index in [4.69, 9.17) is 4.74 Å². The van der Waals surface area contributed by atoms with E-state index in [9.17, 15) is 4.79 Å². The fraction of sp³-hybridized carbons (Fsp3) is 0.700. The molecular weight excluding hydrogens is 152 g/mol. The van der Waals surface area contributed by atoms with Crippen molar-refractivity contribution in [2.75, 3.05) is 6.61 Å². The van der Waals surface area contributed by atoms with Crippen molar-refractivity contribution >= 4 is 5.97 Å². The zero-order valence-electron chi connectivity index (χ0n) is 8.22. The van der Waals surface area contributed by atoms with Gasteiger partial charge in [-0.1, -0.05) is 6.08 Å². The van der Waals surface area contributed by atoms with Gasteiger partial charge < -0.3 is 4.74 Å². The number of hydrogen-bond acceptors (Lipinski definition) is 2. The van der Waals surface area contributed by atoms with Crippen molar-refractivity contribution in [2.45, 2.75) is 33.6 Å². The second-order valence-corrected chi connectivity index (χ2v) is 3.82. The van der Waals surface area contributed by atoms with E-state index >= 15 is 0 Å². The summed E-state index contributed by atoms with van der Waals surface area (Å²) in [6.45, 7) is 9.64. The highest BCUT2D eigenvalue weighted by Gasteiger charge is 2.22. The molecule has 0 unspecified atom stereocenters. The van der Waals surface area contributed by atoms with E-state index in [0.717, 1.165) is 12.8 Å². The summed E-state index contributed by atoms with van der Waals surface area (Å²) >= 11 is 0. The van der Waals surface area contributed by atoms with Crippen LogP contribution in [0.1, 0.15) is 33.6 Å². The predicted molar refractivity (Wildman–Crippen MR) is 49.8 cm³/mol. The van der Waals surface area contributed by atoms with E-state index in [1.807, 2.05) is 26.8 Å². The van der Waals surface area contributed by atoms with Crippen LogP contribution in [0.15, 0.2) is 12.7 Å². The van der Waals surface area contributed by atoms with Crippen LogP contribution in [-0.2, 0) is 9.53 Å². The van der Waals surface area contributed by atoms with Gasteiger partial charge in [-0.2, -0.15) is 0 Å². The zero-order chi connectivity index (χ0) is 9.61. The van der Waals surface area contributed by atoms with Crippen molar-refractivity contribution in [3.8, 4) is 0 Å². The first-order valence-electron chi connectivity index (χ1n) is 4.26. The van der Waals surface area contributed by atoms with E-state index in [1.54, 1.807) is 0 Å². The monoisotopic (exact) mass is 170 g/mol. The Hall–Kier alpha value is -0.790. The maximum absolute atomic E-state index is 11.2. The van der Waals surface area contributed by atoms with Gasteiger partial charge in [0.05, 0.1) is 12.0 Å². The van der Waals surface area contributed by atoms with Crippen LogP contribution in [0.2, 0.25) is 0 Å². The van der Waals surface area contributed by atoms with Crippen LogP contribution in [0.4, 0.5) is 0 Å². The third kappa shape index (κ3) is 4.94. The van der Waals surface area contributed by atoms with Gasteiger partial charge in [-0.05, 0) is 33.6 Å². The van der Waals surface area contributed by atoms with Gasteiger partial charge in [0.1, 0.15) is 0 Å².